The topological polar surface area (TPSA) is 26.3 Å². The fourth-order valence-electron chi connectivity index (χ4n) is 3.99. The maximum absolute atomic E-state index is 12.3. The molecule has 1 aliphatic rings. The van der Waals surface area contributed by atoms with Gasteiger partial charge >= 0.3 is 5.97 Å². The second kappa shape index (κ2) is 6.10. The Morgan fingerprint density at radius 1 is 0.667 bits per heavy atom. The first-order valence-corrected chi connectivity index (χ1v) is 9.08. The number of benzene rings is 4. The molecule has 0 saturated carbocycles. The zero-order valence-corrected chi connectivity index (χ0v) is 14.8. The standard InChI is InChI=1S/C25H18O2/c1-16-23(21-12-10-17-6-2-4-8-19(17)14-21)24(27-25(16)26)22-13-11-18-7-3-5-9-20(18)15-22/h2-15,23-24H,1H2/t23-,24+/m0/s1. The lowest BCUT2D eigenvalue weighted by molar-refractivity contribution is -0.139. The van der Waals surface area contributed by atoms with Crippen molar-refractivity contribution in [1.29, 1.82) is 0 Å². The molecule has 2 heteroatoms. The zero-order valence-electron chi connectivity index (χ0n) is 14.8. The third kappa shape index (κ3) is 2.61. The summed E-state index contributed by atoms with van der Waals surface area (Å²) in [4.78, 5) is 12.3. The molecule has 0 N–H and O–H groups in total. The summed E-state index contributed by atoms with van der Waals surface area (Å²) in [6, 6.07) is 29.0. The summed E-state index contributed by atoms with van der Waals surface area (Å²) in [7, 11) is 0. The van der Waals surface area contributed by atoms with Crippen LogP contribution in [0.1, 0.15) is 23.1 Å². The first-order valence-electron chi connectivity index (χ1n) is 9.08. The van der Waals surface area contributed by atoms with Gasteiger partial charge in [-0.2, -0.15) is 0 Å². The molecule has 0 unspecified atom stereocenters. The Labute approximate surface area is 157 Å². The molecular weight excluding hydrogens is 332 g/mol. The van der Waals surface area contributed by atoms with Crippen molar-refractivity contribution >= 4 is 27.5 Å². The average Bonchev–Trinajstić information content (AvgIpc) is 3.02. The second-order valence-corrected chi connectivity index (χ2v) is 7.04. The van der Waals surface area contributed by atoms with Gasteiger partial charge in [0.1, 0.15) is 6.10 Å². The van der Waals surface area contributed by atoms with Gasteiger partial charge in [0.15, 0.2) is 0 Å². The Balaban J connectivity index is 1.63. The van der Waals surface area contributed by atoms with Gasteiger partial charge in [-0.3, -0.25) is 0 Å². The predicted molar refractivity (Wildman–Crippen MR) is 109 cm³/mol. The van der Waals surface area contributed by atoms with Crippen molar-refractivity contribution in [3.8, 4) is 0 Å². The summed E-state index contributed by atoms with van der Waals surface area (Å²) < 4.78 is 5.75. The highest BCUT2D eigenvalue weighted by Gasteiger charge is 2.40. The minimum atomic E-state index is -0.351. The number of cyclic esters (lactones) is 1. The van der Waals surface area contributed by atoms with E-state index in [9.17, 15) is 4.79 Å². The molecule has 130 valence electrons. The van der Waals surface area contributed by atoms with Gasteiger partial charge in [-0.05, 0) is 38.7 Å². The van der Waals surface area contributed by atoms with E-state index in [1.54, 1.807) is 0 Å². The summed E-state index contributed by atoms with van der Waals surface area (Å²) in [5, 5.41) is 4.64. The van der Waals surface area contributed by atoms with E-state index in [1.165, 1.54) is 10.8 Å². The number of carbonyl (C=O) groups excluding carboxylic acids is 1. The fourth-order valence-corrected chi connectivity index (χ4v) is 3.99. The van der Waals surface area contributed by atoms with Gasteiger partial charge < -0.3 is 4.74 Å². The van der Waals surface area contributed by atoms with Gasteiger partial charge in [-0.15, -0.1) is 0 Å². The minimum Gasteiger partial charge on any atom is -0.453 e. The molecule has 0 amide bonds. The average molecular weight is 350 g/mol. The fraction of sp³-hybridized carbons (Fsp3) is 0.0800. The van der Waals surface area contributed by atoms with Gasteiger partial charge in [0, 0.05) is 5.57 Å². The van der Waals surface area contributed by atoms with E-state index in [4.69, 9.17) is 4.74 Å². The molecule has 0 aliphatic carbocycles. The Morgan fingerprint density at radius 2 is 1.19 bits per heavy atom. The molecule has 0 radical (unpaired) electrons. The van der Waals surface area contributed by atoms with E-state index in [0.29, 0.717) is 5.57 Å². The summed E-state index contributed by atoms with van der Waals surface area (Å²) in [5.74, 6) is -0.491. The van der Waals surface area contributed by atoms with Crippen LogP contribution in [0.5, 0.6) is 0 Å². The summed E-state index contributed by atoms with van der Waals surface area (Å²) >= 11 is 0. The summed E-state index contributed by atoms with van der Waals surface area (Å²) in [6.07, 6.45) is -0.351. The molecule has 0 aromatic heterocycles. The van der Waals surface area contributed by atoms with Crippen LogP contribution in [-0.2, 0) is 9.53 Å². The molecule has 27 heavy (non-hydrogen) atoms. The third-order valence-corrected chi connectivity index (χ3v) is 5.41. The van der Waals surface area contributed by atoms with Gasteiger partial charge in [-0.1, -0.05) is 85.4 Å². The number of hydrogen-bond donors (Lipinski definition) is 0. The number of rotatable bonds is 2. The molecule has 0 bridgehead atoms. The molecule has 1 heterocycles. The van der Waals surface area contributed by atoms with Crippen LogP contribution in [0.4, 0.5) is 0 Å². The summed E-state index contributed by atoms with van der Waals surface area (Å²) in [6.45, 7) is 4.04. The van der Waals surface area contributed by atoms with Gasteiger partial charge in [0.25, 0.3) is 0 Å². The highest BCUT2D eigenvalue weighted by Crippen LogP contribution is 2.46. The quantitative estimate of drug-likeness (QED) is 0.331. The van der Waals surface area contributed by atoms with Gasteiger partial charge in [0.2, 0.25) is 0 Å². The molecule has 1 saturated heterocycles. The van der Waals surface area contributed by atoms with Crippen molar-refractivity contribution in [1.82, 2.24) is 0 Å². The van der Waals surface area contributed by atoms with Crippen molar-refractivity contribution in [3.05, 3.63) is 108 Å². The van der Waals surface area contributed by atoms with E-state index in [-0.39, 0.29) is 18.0 Å². The van der Waals surface area contributed by atoms with Gasteiger partial charge in [-0.25, -0.2) is 4.79 Å². The van der Waals surface area contributed by atoms with Crippen LogP contribution in [0.15, 0.2) is 97.1 Å². The van der Waals surface area contributed by atoms with Crippen molar-refractivity contribution in [2.24, 2.45) is 0 Å². The van der Waals surface area contributed by atoms with Crippen LogP contribution in [0.25, 0.3) is 21.5 Å². The van der Waals surface area contributed by atoms with Crippen LogP contribution in [0, 0.1) is 0 Å². The minimum absolute atomic E-state index is 0.178. The highest BCUT2D eigenvalue weighted by atomic mass is 16.6. The largest absolute Gasteiger partial charge is 0.453 e. The molecule has 1 aliphatic heterocycles. The lowest BCUT2D eigenvalue weighted by Gasteiger charge is -2.19. The van der Waals surface area contributed by atoms with Crippen LogP contribution in [0.3, 0.4) is 0 Å². The Morgan fingerprint density at radius 3 is 1.81 bits per heavy atom. The number of hydrogen-bond acceptors (Lipinski definition) is 2. The maximum atomic E-state index is 12.3. The molecule has 2 nitrogen and oxygen atoms in total. The Kier molecular flexibility index (Phi) is 3.58. The van der Waals surface area contributed by atoms with E-state index in [2.05, 4.69) is 61.2 Å². The predicted octanol–water partition coefficient (Wildman–Crippen LogP) is 5.93. The van der Waals surface area contributed by atoms with Gasteiger partial charge in [0.05, 0.1) is 5.92 Å². The smallest absolute Gasteiger partial charge is 0.334 e. The third-order valence-electron chi connectivity index (χ3n) is 5.41. The molecule has 2 atom stereocenters. The molecule has 1 fully saturated rings. The van der Waals surface area contributed by atoms with Crippen molar-refractivity contribution in [2.45, 2.75) is 12.0 Å². The van der Waals surface area contributed by atoms with E-state index in [1.807, 2.05) is 30.3 Å². The number of esters is 1. The lowest BCUT2D eigenvalue weighted by Crippen LogP contribution is -2.07. The van der Waals surface area contributed by atoms with Crippen LogP contribution in [0.2, 0.25) is 0 Å². The lowest BCUT2D eigenvalue weighted by atomic mass is 9.85. The van der Waals surface area contributed by atoms with E-state index >= 15 is 0 Å². The van der Waals surface area contributed by atoms with Crippen LogP contribution in [-0.4, -0.2) is 5.97 Å². The molecule has 5 rings (SSSR count). The van der Waals surface area contributed by atoms with Crippen LogP contribution < -0.4 is 0 Å². The van der Waals surface area contributed by atoms with Crippen molar-refractivity contribution in [3.63, 3.8) is 0 Å². The highest BCUT2D eigenvalue weighted by molar-refractivity contribution is 5.93. The SMILES string of the molecule is C=C1C(=O)O[C@H](c2ccc3ccccc3c2)[C@@H]1c1ccc2ccccc2c1. The van der Waals surface area contributed by atoms with Crippen molar-refractivity contribution in [2.75, 3.05) is 0 Å². The molecular formula is C25H18O2. The number of fused-ring (bicyclic) bond motifs is 2. The number of ether oxygens (including phenoxy) is 1. The number of carbonyl (C=O) groups is 1. The molecule has 0 spiro atoms. The van der Waals surface area contributed by atoms with E-state index in [0.717, 1.165) is 21.9 Å². The van der Waals surface area contributed by atoms with Crippen molar-refractivity contribution < 1.29 is 9.53 Å². The maximum Gasteiger partial charge on any atom is 0.334 e. The monoisotopic (exact) mass is 350 g/mol. The zero-order chi connectivity index (χ0) is 18.4. The normalized spacial score (nSPS) is 19.6. The second-order valence-electron chi connectivity index (χ2n) is 7.04. The Hall–Kier alpha value is -3.39. The first-order chi connectivity index (χ1) is 13.2. The molecule has 4 aromatic rings. The first kappa shape index (κ1) is 15.8. The molecule has 4 aromatic carbocycles. The summed E-state index contributed by atoms with van der Waals surface area (Å²) in [5.41, 5.74) is 2.57. The van der Waals surface area contributed by atoms with E-state index < -0.39 is 0 Å². The Bertz CT molecular complexity index is 1210. The van der Waals surface area contributed by atoms with Crippen LogP contribution >= 0.6 is 0 Å².